The molecule has 1 fully saturated rings. The number of aliphatic hydroxyl groups is 1. The number of piperidine rings is 1. The van der Waals surface area contributed by atoms with Crippen LogP contribution in [0.2, 0.25) is 5.02 Å². The van der Waals surface area contributed by atoms with E-state index in [1.807, 2.05) is 24.3 Å². The molecule has 1 N–H and O–H groups in total. The summed E-state index contributed by atoms with van der Waals surface area (Å²) < 4.78 is 0. The van der Waals surface area contributed by atoms with Gasteiger partial charge in [-0.05, 0) is 31.5 Å². The maximum Gasteiger partial charge on any atom is 0.0712 e. The third-order valence-corrected chi connectivity index (χ3v) is 3.76. The van der Waals surface area contributed by atoms with Crippen LogP contribution < -0.4 is 0 Å². The lowest BCUT2D eigenvalue weighted by molar-refractivity contribution is -0.0150. The fourth-order valence-corrected chi connectivity index (χ4v) is 2.41. The molecule has 1 aliphatic heterocycles. The molecule has 0 spiro atoms. The Kier molecular flexibility index (Phi) is 3.53. The van der Waals surface area contributed by atoms with Crippen molar-refractivity contribution in [2.75, 3.05) is 20.1 Å². The quantitative estimate of drug-likeness (QED) is 0.857. The van der Waals surface area contributed by atoms with E-state index in [1.54, 1.807) is 0 Å². The molecule has 0 aliphatic carbocycles. The lowest BCUT2D eigenvalue weighted by Crippen LogP contribution is -2.44. The first-order valence-electron chi connectivity index (χ1n) is 5.73. The van der Waals surface area contributed by atoms with Gasteiger partial charge < -0.3 is 10.0 Å². The van der Waals surface area contributed by atoms with Crippen molar-refractivity contribution in [3.05, 3.63) is 34.9 Å². The molecule has 0 radical (unpaired) electrons. The number of nitrogens with zero attached hydrogens (tertiary/aromatic N) is 1. The van der Waals surface area contributed by atoms with Crippen molar-refractivity contribution >= 4 is 11.6 Å². The standard InChI is InChI=1S/C13H18ClNO/c1-15-8-6-13(16,7-9-15)10-11-4-2-3-5-12(11)14/h2-5,16H,6-10H2,1H3. The summed E-state index contributed by atoms with van der Waals surface area (Å²) in [5.74, 6) is 0. The first kappa shape index (κ1) is 11.9. The van der Waals surface area contributed by atoms with E-state index in [1.165, 1.54) is 0 Å². The molecule has 0 atom stereocenters. The van der Waals surface area contributed by atoms with E-state index in [2.05, 4.69) is 11.9 Å². The molecule has 0 unspecified atom stereocenters. The average Bonchev–Trinajstić information content (AvgIpc) is 2.27. The van der Waals surface area contributed by atoms with Gasteiger partial charge in [-0.1, -0.05) is 29.8 Å². The van der Waals surface area contributed by atoms with Crippen molar-refractivity contribution in [1.29, 1.82) is 0 Å². The van der Waals surface area contributed by atoms with Crippen molar-refractivity contribution in [3.8, 4) is 0 Å². The molecule has 1 saturated heterocycles. The third kappa shape index (κ3) is 2.76. The van der Waals surface area contributed by atoms with Crippen LogP contribution >= 0.6 is 11.6 Å². The first-order chi connectivity index (χ1) is 7.59. The minimum Gasteiger partial charge on any atom is -0.389 e. The average molecular weight is 240 g/mol. The van der Waals surface area contributed by atoms with Crippen LogP contribution in [0.25, 0.3) is 0 Å². The number of benzene rings is 1. The minimum absolute atomic E-state index is 0.572. The summed E-state index contributed by atoms with van der Waals surface area (Å²) in [7, 11) is 2.09. The van der Waals surface area contributed by atoms with E-state index in [0.717, 1.165) is 36.5 Å². The molecule has 1 heterocycles. The van der Waals surface area contributed by atoms with Gasteiger partial charge in [0.05, 0.1) is 5.60 Å². The summed E-state index contributed by atoms with van der Waals surface area (Å²) in [5, 5.41) is 11.2. The van der Waals surface area contributed by atoms with Crippen molar-refractivity contribution in [3.63, 3.8) is 0 Å². The van der Waals surface area contributed by atoms with E-state index in [0.29, 0.717) is 6.42 Å². The fraction of sp³-hybridized carbons (Fsp3) is 0.538. The highest BCUT2D eigenvalue weighted by Crippen LogP contribution is 2.28. The fourth-order valence-electron chi connectivity index (χ4n) is 2.21. The molecule has 0 saturated carbocycles. The zero-order valence-corrected chi connectivity index (χ0v) is 10.4. The Bertz CT molecular complexity index is 359. The van der Waals surface area contributed by atoms with Gasteiger partial charge in [0.25, 0.3) is 0 Å². The van der Waals surface area contributed by atoms with E-state index in [4.69, 9.17) is 11.6 Å². The van der Waals surface area contributed by atoms with Gasteiger partial charge in [-0.2, -0.15) is 0 Å². The number of hydrogen-bond acceptors (Lipinski definition) is 2. The maximum atomic E-state index is 10.5. The zero-order chi connectivity index (χ0) is 11.6. The number of halogens is 1. The number of hydrogen-bond donors (Lipinski definition) is 1. The molecular weight excluding hydrogens is 222 g/mol. The summed E-state index contributed by atoms with van der Waals surface area (Å²) in [4.78, 5) is 2.25. The summed E-state index contributed by atoms with van der Waals surface area (Å²) in [6, 6.07) is 7.78. The monoisotopic (exact) mass is 239 g/mol. The van der Waals surface area contributed by atoms with Gasteiger partial charge in [0.1, 0.15) is 0 Å². The molecule has 0 amide bonds. The Morgan fingerprint density at radius 1 is 1.31 bits per heavy atom. The molecule has 3 heteroatoms. The number of rotatable bonds is 2. The van der Waals surface area contributed by atoms with Crippen molar-refractivity contribution in [2.45, 2.75) is 24.9 Å². The van der Waals surface area contributed by atoms with Gasteiger partial charge in [0.2, 0.25) is 0 Å². The number of likely N-dealkylation sites (tertiary alicyclic amines) is 1. The van der Waals surface area contributed by atoms with Crippen LogP contribution in [0.1, 0.15) is 18.4 Å². The predicted octanol–water partition coefficient (Wildman–Crippen LogP) is 2.34. The smallest absolute Gasteiger partial charge is 0.0712 e. The van der Waals surface area contributed by atoms with E-state index in [9.17, 15) is 5.11 Å². The van der Waals surface area contributed by atoms with Gasteiger partial charge in [0, 0.05) is 24.5 Å². The zero-order valence-electron chi connectivity index (χ0n) is 9.62. The predicted molar refractivity (Wildman–Crippen MR) is 66.8 cm³/mol. The van der Waals surface area contributed by atoms with Crippen LogP contribution in [0.5, 0.6) is 0 Å². The minimum atomic E-state index is -0.572. The largest absolute Gasteiger partial charge is 0.389 e. The molecule has 0 aromatic heterocycles. The third-order valence-electron chi connectivity index (χ3n) is 3.40. The second-order valence-corrected chi connectivity index (χ2v) is 5.20. The molecule has 2 rings (SSSR count). The van der Waals surface area contributed by atoms with Crippen LogP contribution in [0.15, 0.2) is 24.3 Å². The SMILES string of the molecule is CN1CCC(O)(Cc2ccccc2Cl)CC1. The summed E-state index contributed by atoms with van der Waals surface area (Å²) in [6.45, 7) is 1.92. The molecular formula is C13H18ClNO. The van der Waals surface area contributed by atoms with Crippen molar-refractivity contribution in [1.82, 2.24) is 4.90 Å². The normalized spacial score (nSPS) is 20.9. The molecule has 1 aromatic carbocycles. The Balaban J connectivity index is 2.07. The Morgan fingerprint density at radius 2 is 1.94 bits per heavy atom. The molecule has 2 nitrogen and oxygen atoms in total. The highest BCUT2D eigenvalue weighted by Gasteiger charge is 2.31. The van der Waals surface area contributed by atoms with Gasteiger partial charge in [0.15, 0.2) is 0 Å². The van der Waals surface area contributed by atoms with Crippen LogP contribution in [-0.4, -0.2) is 35.7 Å². The lowest BCUT2D eigenvalue weighted by atomic mass is 9.85. The maximum absolute atomic E-state index is 10.5. The summed E-state index contributed by atoms with van der Waals surface area (Å²) in [5.41, 5.74) is 0.480. The summed E-state index contributed by atoms with van der Waals surface area (Å²) in [6.07, 6.45) is 2.32. The second kappa shape index (κ2) is 4.74. The van der Waals surface area contributed by atoms with Gasteiger partial charge in [-0.15, -0.1) is 0 Å². The molecule has 1 aliphatic rings. The van der Waals surface area contributed by atoms with E-state index in [-0.39, 0.29) is 0 Å². The van der Waals surface area contributed by atoms with Crippen molar-refractivity contribution < 1.29 is 5.11 Å². The van der Waals surface area contributed by atoms with Gasteiger partial charge in [-0.25, -0.2) is 0 Å². The Morgan fingerprint density at radius 3 is 2.56 bits per heavy atom. The van der Waals surface area contributed by atoms with E-state index >= 15 is 0 Å². The summed E-state index contributed by atoms with van der Waals surface area (Å²) >= 11 is 6.11. The second-order valence-electron chi connectivity index (χ2n) is 4.80. The first-order valence-corrected chi connectivity index (χ1v) is 6.11. The van der Waals surface area contributed by atoms with Crippen molar-refractivity contribution in [2.24, 2.45) is 0 Å². The Labute approximate surface area is 102 Å². The van der Waals surface area contributed by atoms with Crippen LogP contribution in [0.3, 0.4) is 0 Å². The topological polar surface area (TPSA) is 23.5 Å². The van der Waals surface area contributed by atoms with Crippen LogP contribution in [-0.2, 0) is 6.42 Å². The molecule has 0 bridgehead atoms. The van der Waals surface area contributed by atoms with Crippen LogP contribution in [0, 0.1) is 0 Å². The van der Waals surface area contributed by atoms with Gasteiger partial charge >= 0.3 is 0 Å². The van der Waals surface area contributed by atoms with E-state index < -0.39 is 5.60 Å². The van der Waals surface area contributed by atoms with Gasteiger partial charge in [-0.3, -0.25) is 0 Å². The lowest BCUT2D eigenvalue weighted by Gasteiger charge is -2.36. The highest BCUT2D eigenvalue weighted by molar-refractivity contribution is 6.31. The molecule has 16 heavy (non-hydrogen) atoms. The highest BCUT2D eigenvalue weighted by atomic mass is 35.5. The Hall–Kier alpha value is -0.570. The van der Waals surface area contributed by atoms with Crippen LogP contribution in [0.4, 0.5) is 0 Å². The molecule has 1 aromatic rings. The molecule has 88 valence electrons.